The maximum Gasteiger partial charge on any atom is 0.277 e. The predicted molar refractivity (Wildman–Crippen MR) is 139 cm³/mol. The maximum atomic E-state index is 13.7. The first-order chi connectivity index (χ1) is 17.8. The van der Waals surface area contributed by atoms with Crippen molar-refractivity contribution in [3.63, 3.8) is 0 Å². The van der Waals surface area contributed by atoms with Crippen LogP contribution in [0.3, 0.4) is 0 Å². The Bertz CT molecular complexity index is 1520. The molecular formula is C25H25N7O4S. The first-order valence-corrected chi connectivity index (χ1v) is 13.6. The SMILES string of the molecule is COc1ccc(-n2nc(C#N)c3c2C(=O)N(c2ccc(N4CCCN=C4NS(C)(=O)=O)cc2)CC3)cc1. The van der Waals surface area contributed by atoms with E-state index in [0.29, 0.717) is 54.4 Å². The molecule has 3 aromatic rings. The average Bonchev–Trinajstić information content (AvgIpc) is 3.28. The van der Waals surface area contributed by atoms with Gasteiger partial charge in [0.05, 0.1) is 19.1 Å². The number of sulfonamides is 1. The van der Waals surface area contributed by atoms with Crippen LogP contribution in [0.15, 0.2) is 53.5 Å². The first kappa shape index (κ1) is 24.3. The minimum atomic E-state index is -3.47. The summed E-state index contributed by atoms with van der Waals surface area (Å²) in [5.74, 6) is 0.706. The largest absolute Gasteiger partial charge is 0.497 e. The summed E-state index contributed by atoms with van der Waals surface area (Å²) >= 11 is 0. The third-order valence-electron chi connectivity index (χ3n) is 6.25. The number of carbonyl (C=O) groups excluding carboxylic acids is 1. The van der Waals surface area contributed by atoms with E-state index in [1.165, 1.54) is 4.68 Å². The highest BCUT2D eigenvalue weighted by Crippen LogP contribution is 2.30. The summed E-state index contributed by atoms with van der Waals surface area (Å²) in [6.45, 7) is 1.56. The average molecular weight is 520 g/mol. The lowest BCUT2D eigenvalue weighted by molar-refractivity contribution is 0.0973. The van der Waals surface area contributed by atoms with Gasteiger partial charge in [0.25, 0.3) is 5.91 Å². The van der Waals surface area contributed by atoms with Crippen LogP contribution in [0.4, 0.5) is 11.4 Å². The number of nitrogens with one attached hydrogen (secondary N) is 1. The number of carbonyl (C=O) groups is 1. The van der Waals surface area contributed by atoms with E-state index in [-0.39, 0.29) is 17.6 Å². The fourth-order valence-electron chi connectivity index (χ4n) is 4.53. The predicted octanol–water partition coefficient (Wildman–Crippen LogP) is 2.07. The number of anilines is 2. The molecule has 0 fully saturated rings. The van der Waals surface area contributed by atoms with Crippen molar-refractivity contribution in [2.45, 2.75) is 12.8 Å². The second-order valence-corrected chi connectivity index (χ2v) is 10.5. The lowest BCUT2D eigenvalue weighted by Gasteiger charge is -2.30. The Kier molecular flexibility index (Phi) is 6.31. The third kappa shape index (κ3) is 4.73. The summed E-state index contributed by atoms with van der Waals surface area (Å²) in [7, 11) is -1.89. The van der Waals surface area contributed by atoms with Crippen LogP contribution in [-0.2, 0) is 16.4 Å². The van der Waals surface area contributed by atoms with Crippen molar-refractivity contribution in [2.24, 2.45) is 4.99 Å². The van der Waals surface area contributed by atoms with Crippen LogP contribution in [0.25, 0.3) is 5.69 Å². The van der Waals surface area contributed by atoms with Gasteiger partial charge in [-0.25, -0.2) is 13.1 Å². The zero-order valence-electron chi connectivity index (χ0n) is 20.4. The first-order valence-electron chi connectivity index (χ1n) is 11.7. The van der Waals surface area contributed by atoms with Gasteiger partial charge in [-0.2, -0.15) is 10.4 Å². The van der Waals surface area contributed by atoms with Gasteiger partial charge in [0.15, 0.2) is 5.69 Å². The number of hydrogen-bond donors (Lipinski definition) is 1. The summed E-state index contributed by atoms with van der Waals surface area (Å²) < 4.78 is 32.7. The number of hydrogen-bond acceptors (Lipinski definition) is 8. The molecule has 190 valence electrons. The van der Waals surface area contributed by atoms with Gasteiger partial charge in [0, 0.05) is 36.6 Å². The van der Waals surface area contributed by atoms with Crippen molar-refractivity contribution < 1.29 is 17.9 Å². The van der Waals surface area contributed by atoms with Crippen LogP contribution in [0.1, 0.15) is 28.2 Å². The van der Waals surface area contributed by atoms with Crippen molar-refractivity contribution in [1.82, 2.24) is 14.5 Å². The number of aromatic nitrogens is 2. The highest BCUT2D eigenvalue weighted by molar-refractivity contribution is 7.89. The third-order valence-corrected chi connectivity index (χ3v) is 6.80. The molecule has 2 aliphatic heterocycles. The number of amides is 1. The molecule has 0 radical (unpaired) electrons. The summed E-state index contributed by atoms with van der Waals surface area (Å²) in [6, 6.07) is 16.6. The molecule has 2 aromatic carbocycles. The Morgan fingerprint density at radius 3 is 2.27 bits per heavy atom. The second kappa shape index (κ2) is 9.59. The highest BCUT2D eigenvalue weighted by atomic mass is 32.2. The Morgan fingerprint density at radius 2 is 1.65 bits per heavy atom. The smallest absolute Gasteiger partial charge is 0.277 e. The minimum absolute atomic E-state index is 0.240. The van der Waals surface area contributed by atoms with E-state index in [1.807, 2.05) is 29.2 Å². The molecule has 12 heteroatoms. The Morgan fingerprint density at radius 1 is 1.00 bits per heavy atom. The lowest BCUT2D eigenvalue weighted by atomic mass is 10.0. The molecule has 0 aliphatic carbocycles. The highest BCUT2D eigenvalue weighted by Gasteiger charge is 2.33. The molecule has 0 bridgehead atoms. The number of guanidine groups is 1. The number of nitrogens with zero attached hydrogens (tertiary/aromatic N) is 6. The molecule has 2 aliphatic rings. The summed E-state index contributed by atoms with van der Waals surface area (Å²) in [4.78, 5) is 21.5. The zero-order valence-corrected chi connectivity index (χ0v) is 21.2. The second-order valence-electron chi connectivity index (χ2n) is 8.71. The quantitative estimate of drug-likeness (QED) is 0.546. The van der Waals surface area contributed by atoms with Crippen LogP contribution in [0.2, 0.25) is 0 Å². The minimum Gasteiger partial charge on any atom is -0.497 e. The number of nitriles is 1. The Labute approximate surface area is 214 Å². The van der Waals surface area contributed by atoms with Crippen molar-refractivity contribution in [2.75, 3.05) is 42.8 Å². The van der Waals surface area contributed by atoms with E-state index < -0.39 is 10.0 Å². The summed E-state index contributed by atoms with van der Waals surface area (Å²) in [5.41, 5.74) is 3.34. The molecule has 0 saturated carbocycles. The number of rotatable bonds is 5. The number of benzene rings is 2. The van der Waals surface area contributed by atoms with Crippen LogP contribution in [0, 0.1) is 11.3 Å². The molecule has 3 heterocycles. The fraction of sp³-hybridized carbons (Fsp3) is 0.280. The van der Waals surface area contributed by atoms with E-state index in [2.05, 4.69) is 20.9 Å². The molecule has 0 saturated heterocycles. The van der Waals surface area contributed by atoms with Crippen LogP contribution < -0.4 is 19.3 Å². The van der Waals surface area contributed by atoms with Crippen molar-refractivity contribution in [3.8, 4) is 17.5 Å². The van der Waals surface area contributed by atoms with Gasteiger partial charge in [-0.05, 0) is 61.4 Å². The topological polar surface area (TPSA) is 133 Å². The number of aliphatic imine (C=N–C) groups is 1. The molecule has 0 spiro atoms. The number of fused-ring (bicyclic) bond motifs is 1. The van der Waals surface area contributed by atoms with Gasteiger partial charge in [0.1, 0.15) is 17.5 Å². The zero-order chi connectivity index (χ0) is 26.2. The molecule has 0 atom stereocenters. The Balaban J connectivity index is 1.45. The molecule has 5 rings (SSSR count). The molecule has 1 N–H and O–H groups in total. The fourth-order valence-corrected chi connectivity index (χ4v) is 5.03. The standard InChI is InChI=1S/C25H25N7O4S/c1-36-20-10-8-19(9-11-20)32-23-21(22(16-26)28-32)12-15-30(24(23)33)17-4-6-18(7-5-17)31-14-3-13-27-25(31)29-37(2,34)35/h4-11H,3,12-15H2,1-2H3,(H,27,29). The van der Waals surface area contributed by atoms with Crippen LogP contribution >= 0.6 is 0 Å². The lowest BCUT2D eigenvalue weighted by Crippen LogP contribution is -2.46. The normalized spacial score (nSPS) is 15.6. The van der Waals surface area contributed by atoms with E-state index >= 15 is 0 Å². The molecule has 11 nitrogen and oxygen atoms in total. The van der Waals surface area contributed by atoms with Crippen LogP contribution in [-0.4, -0.2) is 63.1 Å². The van der Waals surface area contributed by atoms with Gasteiger partial charge in [-0.1, -0.05) is 0 Å². The van der Waals surface area contributed by atoms with Gasteiger partial charge >= 0.3 is 0 Å². The van der Waals surface area contributed by atoms with E-state index in [9.17, 15) is 18.5 Å². The molecule has 0 unspecified atom stereocenters. The van der Waals surface area contributed by atoms with Gasteiger partial charge in [0.2, 0.25) is 16.0 Å². The van der Waals surface area contributed by atoms with Gasteiger partial charge < -0.3 is 14.5 Å². The molecule has 1 amide bonds. The number of ether oxygens (including phenoxy) is 1. The molecule has 1 aromatic heterocycles. The molecule has 37 heavy (non-hydrogen) atoms. The van der Waals surface area contributed by atoms with E-state index in [4.69, 9.17) is 4.74 Å². The van der Waals surface area contributed by atoms with E-state index in [0.717, 1.165) is 18.4 Å². The van der Waals surface area contributed by atoms with Crippen LogP contribution in [0.5, 0.6) is 5.75 Å². The van der Waals surface area contributed by atoms with Gasteiger partial charge in [-0.3, -0.25) is 14.5 Å². The van der Waals surface area contributed by atoms with Gasteiger partial charge in [-0.15, -0.1) is 0 Å². The van der Waals surface area contributed by atoms with Crippen molar-refractivity contribution in [3.05, 3.63) is 65.5 Å². The number of methoxy groups -OCH3 is 1. The monoisotopic (exact) mass is 519 g/mol. The maximum absolute atomic E-state index is 13.7. The molecular weight excluding hydrogens is 494 g/mol. The summed E-state index contributed by atoms with van der Waals surface area (Å²) in [6.07, 6.45) is 2.37. The van der Waals surface area contributed by atoms with Crippen molar-refractivity contribution >= 4 is 33.3 Å². The van der Waals surface area contributed by atoms with Crippen molar-refractivity contribution in [1.29, 1.82) is 5.26 Å². The summed E-state index contributed by atoms with van der Waals surface area (Å²) in [5, 5.41) is 14.0. The Hall–Kier alpha value is -4.37. The van der Waals surface area contributed by atoms with E-state index in [1.54, 1.807) is 36.3 Å².